The molecule has 1 aromatic carbocycles. The first-order chi connectivity index (χ1) is 17.8. The quantitative estimate of drug-likeness (QED) is 0.220. The number of carbonyl (C=O) groups is 3. The van der Waals surface area contributed by atoms with Gasteiger partial charge in [0.1, 0.15) is 12.4 Å². The Balaban J connectivity index is 3.62. The van der Waals surface area contributed by atoms with Crippen LogP contribution in [0.3, 0.4) is 0 Å². The van der Waals surface area contributed by atoms with E-state index in [2.05, 4.69) is 0 Å². The number of carbonyl (C=O) groups excluding carboxylic acids is 3. The Morgan fingerprint density at radius 1 is 0.641 bits per heavy atom. The minimum Gasteiger partial charge on any atom is -0.490 e. The molecule has 0 aliphatic heterocycles. The van der Waals surface area contributed by atoms with Crippen LogP contribution in [-0.4, -0.2) is 62.6 Å². The Labute approximate surface area is 215 Å². The van der Waals surface area contributed by atoms with Gasteiger partial charge in [0.15, 0.2) is 0 Å². The maximum Gasteiger partial charge on any atom is 0.471 e. The molecule has 0 heterocycles. The summed E-state index contributed by atoms with van der Waals surface area (Å²) in [4.78, 5) is 34.1. The summed E-state index contributed by atoms with van der Waals surface area (Å²) in [6.07, 6.45) is -15.9. The normalized spacial score (nSPS) is 12.2. The van der Waals surface area contributed by atoms with Gasteiger partial charge in [-0.05, 0) is 30.5 Å². The second-order valence-electron chi connectivity index (χ2n) is 7.81. The van der Waals surface area contributed by atoms with E-state index in [1.165, 1.54) is 13.8 Å². The van der Waals surface area contributed by atoms with Crippen LogP contribution in [0.2, 0.25) is 0 Å². The number of nitrogens with one attached hydrogen (secondary N) is 3. The Morgan fingerprint density at radius 3 is 1.33 bits per heavy atom. The van der Waals surface area contributed by atoms with E-state index in [-0.39, 0.29) is 59.9 Å². The summed E-state index contributed by atoms with van der Waals surface area (Å²) in [6.45, 7) is -0.489. The van der Waals surface area contributed by atoms with Crippen LogP contribution in [0, 0.1) is 13.8 Å². The molecular weight excluding hydrogens is 559 g/mol. The number of alkyl halides is 9. The molecule has 1 aromatic rings. The van der Waals surface area contributed by atoms with Crippen LogP contribution in [0.4, 0.5) is 39.5 Å². The SMILES string of the molecule is Cc1c(CNC(=O)C(F)(F)F)c(C)c(CNC(=O)C(F)(F)F)c(OCCOCCN)c1CNC(=O)C(F)(F)F. The van der Waals surface area contributed by atoms with Crippen LogP contribution in [0.15, 0.2) is 0 Å². The number of rotatable bonds is 12. The molecule has 222 valence electrons. The van der Waals surface area contributed by atoms with Crippen molar-refractivity contribution in [2.75, 3.05) is 26.4 Å². The Hall–Kier alpha value is -3.28. The summed E-state index contributed by atoms with van der Waals surface area (Å²) in [5.74, 6) is -7.49. The molecule has 0 aromatic heterocycles. The fourth-order valence-electron chi connectivity index (χ4n) is 3.23. The molecule has 0 spiro atoms. The van der Waals surface area contributed by atoms with Crippen LogP contribution in [-0.2, 0) is 38.8 Å². The van der Waals surface area contributed by atoms with Gasteiger partial charge in [0.2, 0.25) is 0 Å². The van der Waals surface area contributed by atoms with Gasteiger partial charge in [0.05, 0.1) is 13.2 Å². The van der Waals surface area contributed by atoms with Gasteiger partial charge < -0.3 is 31.2 Å². The van der Waals surface area contributed by atoms with Gasteiger partial charge in [-0.3, -0.25) is 14.4 Å². The second kappa shape index (κ2) is 13.7. The van der Waals surface area contributed by atoms with Crippen molar-refractivity contribution in [2.45, 2.75) is 52.0 Å². The van der Waals surface area contributed by atoms with Crippen molar-refractivity contribution < 1.29 is 63.4 Å². The van der Waals surface area contributed by atoms with Crippen molar-refractivity contribution in [2.24, 2.45) is 5.73 Å². The molecule has 0 saturated carbocycles. The van der Waals surface area contributed by atoms with Gasteiger partial charge in [0, 0.05) is 37.3 Å². The molecular formula is C21H25F9N4O5. The van der Waals surface area contributed by atoms with Crippen molar-refractivity contribution in [1.29, 1.82) is 0 Å². The lowest BCUT2D eigenvalue weighted by Gasteiger charge is -2.25. The van der Waals surface area contributed by atoms with E-state index in [4.69, 9.17) is 15.2 Å². The lowest BCUT2D eigenvalue weighted by Crippen LogP contribution is -2.38. The van der Waals surface area contributed by atoms with Crippen LogP contribution in [0.5, 0.6) is 5.75 Å². The van der Waals surface area contributed by atoms with Crippen molar-refractivity contribution in [3.8, 4) is 5.75 Å². The fraction of sp³-hybridized carbons (Fsp3) is 0.571. The van der Waals surface area contributed by atoms with E-state index in [1.807, 2.05) is 0 Å². The summed E-state index contributed by atoms with van der Waals surface area (Å²) < 4.78 is 125. The smallest absolute Gasteiger partial charge is 0.471 e. The lowest BCUT2D eigenvalue weighted by molar-refractivity contribution is -0.173. The first-order valence-corrected chi connectivity index (χ1v) is 10.9. The minimum atomic E-state index is -5.32. The van der Waals surface area contributed by atoms with Crippen LogP contribution in [0.1, 0.15) is 27.8 Å². The largest absolute Gasteiger partial charge is 0.490 e. The Morgan fingerprint density at radius 2 is 1.00 bits per heavy atom. The van der Waals surface area contributed by atoms with E-state index in [0.717, 1.165) is 0 Å². The van der Waals surface area contributed by atoms with Crippen molar-refractivity contribution >= 4 is 17.7 Å². The minimum absolute atomic E-state index is 0.0405. The average molecular weight is 584 g/mol. The number of amides is 3. The first kappa shape index (κ1) is 33.7. The molecule has 39 heavy (non-hydrogen) atoms. The third-order valence-electron chi connectivity index (χ3n) is 5.14. The molecule has 9 nitrogen and oxygen atoms in total. The van der Waals surface area contributed by atoms with E-state index < -0.39 is 55.9 Å². The Bertz CT molecular complexity index is 984. The molecule has 0 unspecified atom stereocenters. The van der Waals surface area contributed by atoms with Crippen LogP contribution < -0.4 is 26.4 Å². The lowest BCUT2D eigenvalue weighted by atomic mass is 9.91. The zero-order valence-corrected chi connectivity index (χ0v) is 20.5. The predicted octanol–water partition coefficient (Wildman–Crippen LogP) is 2.19. The molecule has 0 aliphatic carbocycles. The van der Waals surface area contributed by atoms with Gasteiger partial charge >= 0.3 is 36.3 Å². The third kappa shape index (κ3) is 10.1. The van der Waals surface area contributed by atoms with Gasteiger partial charge in [-0.25, -0.2) is 0 Å². The standard InChI is InChI=1S/C21H25F9N4O5/c1-10-12(7-32-16(35)19(22,23)24)11(2)14(9-34-18(37)21(28,29)30)15(39-6-5-38-4-3-31)13(10)8-33-17(36)20(25,26)27/h3-9,31H2,1-2H3,(H,32,35)(H,33,36)(H,34,37). The summed E-state index contributed by atoms with van der Waals surface area (Å²) >= 11 is 0. The number of benzene rings is 1. The number of hydrogen-bond donors (Lipinski definition) is 4. The molecule has 1 rings (SSSR count). The highest BCUT2D eigenvalue weighted by Gasteiger charge is 2.40. The fourth-order valence-corrected chi connectivity index (χ4v) is 3.23. The molecule has 0 aliphatic rings. The molecule has 0 atom stereocenters. The highest BCUT2D eigenvalue weighted by Crippen LogP contribution is 2.35. The zero-order valence-electron chi connectivity index (χ0n) is 20.5. The summed E-state index contributed by atoms with van der Waals surface area (Å²) in [5, 5.41) is 4.68. The first-order valence-electron chi connectivity index (χ1n) is 10.9. The highest BCUT2D eigenvalue weighted by molar-refractivity contribution is 5.83. The summed E-state index contributed by atoms with van der Waals surface area (Å²) in [7, 11) is 0. The molecule has 0 bridgehead atoms. The zero-order chi connectivity index (χ0) is 30.2. The number of nitrogens with two attached hydrogens (primary N) is 1. The van der Waals surface area contributed by atoms with Crippen molar-refractivity contribution in [1.82, 2.24) is 16.0 Å². The Kier molecular flexibility index (Phi) is 11.8. The second-order valence-corrected chi connectivity index (χ2v) is 7.81. The number of ether oxygens (including phenoxy) is 2. The van der Waals surface area contributed by atoms with E-state index in [9.17, 15) is 53.9 Å². The topological polar surface area (TPSA) is 132 Å². The maximum atomic E-state index is 12.8. The van der Waals surface area contributed by atoms with Gasteiger partial charge in [-0.1, -0.05) is 0 Å². The molecule has 0 radical (unpaired) electrons. The maximum absolute atomic E-state index is 12.8. The predicted molar refractivity (Wildman–Crippen MR) is 115 cm³/mol. The molecule has 18 heteroatoms. The van der Waals surface area contributed by atoms with Crippen LogP contribution in [0.25, 0.3) is 0 Å². The summed E-state index contributed by atoms with van der Waals surface area (Å²) in [5.41, 5.74) is 4.55. The van der Waals surface area contributed by atoms with E-state index in [0.29, 0.717) is 0 Å². The summed E-state index contributed by atoms with van der Waals surface area (Å²) in [6, 6.07) is 0. The van der Waals surface area contributed by atoms with Crippen LogP contribution >= 0.6 is 0 Å². The molecule has 3 amide bonds. The number of halogens is 9. The third-order valence-corrected chi connectivity index (χ3v) is 5.14. The van der Waals surface area contributed by atoms with E-state index in [1.54, 1.807) is 16.0 Å². The molecule has 0 fully saturated rings. The van der Waals surface area contributed by atoms with Crippen molar-refractivity contribution in [3.63, 3.8) is 0 Å². The van der Waals surface area contributed by atoms with Gasteiger partial charge in [-0.15, -0.1) is 0 Å². The highest BCUT2D eigenvalue weighted by atomic mass is 19.4. The molecule has 0 saturated heterocycles. The van der Waals surface area contributed by atoms with Gasteiger partial charge in [-0.2, -0.15) is 39.5 Å². The van der Waals surface area contributed by atoms with Gasteiger partial charge in [0.25, 0.3) is 0 Å². The van der Waals surface area contributed by atoms with Crippen molar-refractivity contribution in [3.05, 3.63) is 27.8 Å². The molecule has 5 N–H and O–H groups in total. The number of hydrogen-bond acceptors (Lipinski definition) is 6. The average Bonchev–Trinajstić information content (AvgIpc) is 2.80. The monoisotopic (exact) mass is 584 g/mol. The van der Waals surface area contributed by atoms with E-state index >= 15 is 0 Å².